The van der Waals surface area contributed by atoms with Crippen molar-refractivity contribution < 1.29 is 4.42 Å². The minimum absolute atomic E-state index is 0.0575. The van der Waals surface area contributed by atoms with Crippen LogP contribution in [0, 0.1) is 0 Å². The zero-order valence-corrected chi connectivity index (χ0v) is 83.6. The SMILES string of the molecule is CC1(C)c2ccccc2-c2c(-c3ccccc3)nc(-c3cccc(-n4c5ccccc5c5cc6c(cc54)c4ccccc4n6-c4ccccc4)c3)nc21.CC1(C)c2ccccc2-c2c(-c3ccccc3)nc(-c3ccccc3-n3c4ccccc4c4cc5oc6ccccc6c5cc43)nc21.CC1(C)c2ccccc2-c2cc3c(cc21)c1ccccc1n3-c1cccc(-c2nc(-c3ccccc3)c3c(n2)C(C)(C)c2ccccc2-3)c1. The number of aromatic nitrogens is 10. The third-order valence-corrected chi connectivity index (χ3v) is 32.4. The number of furan rings is 1. The van der Waals surface area contributed by atoms with Crippen LogP contribution in [0.3, 0.4) is 0 Å². The Morgan fingerprint density at radius 2 is 0.497 bits per heavy atom. The predicted molar refractivity (Wildman–Crippen MR) is 614 cm³/mol. The van der Waals surface area contributed by atoms with E-state index in [0.29, 0.717) is 0 Å². The van der Waals surface area contributed by atoms with E-state index in [-0.39, 0.29) is 21.7 Å². The zero-order valence-electron chi connectivity index (χ0n) is 83.6. The highest BCUT2D eigenvalue weighted by Crippen LogP contribution is 2.58. The van der Waals surface area contributed by atoms with Crippen LogP contribution in [-0.4, -0.2) is 48.2 Å². The lowest BCUT2D eigenvalue weighted by Gasteiger charge is -2.21. The maximum Gasteiger partial charge on any atom is 0.162 e. The van der Waals surface area contributed by atoms with Crippen LogP contribution in [0.15, 0.2) is 453 Å². The molecule has 0 aliphatic heterocycles. The molecule has 0 unspecified atom stereocenters. The second kappa shape index (κ2) is 33.0. The van der Waals surface area contributed by atoms with Gasteiger partial charge in [-0.2, -0.15) is 0 Å². The molecule has 4 aliphatic rings. The Labute approximate surface area is 861 Å². The van der Waals surface area contributed by atoms with E-state index in [4.69, 9.17) is 34.3 Å². The van der Waals surface area contributed by atoms with Gasteiger partial charge in [0.25, 0.3) is 0 Å². The number of nitrogens with zero attached hydrogens (tertiary/aromatic N) is 10. The molecule has 0 saturated heterocycles. The number of para-hydroxylation sites is 7. The highest BCUT2D eigenvalue weighted by molar-refractivity contribution is 6.21. The second-order valence-electron chi connectivity index (χ2n) is 42.3. The quantitative estimate of drug-likeness (QED) is 0.134. The minimum Gasteiger partial charge on any atom is -0.456 e. The number of rotatable bonds is 10. The standard InChI is InChI=1S/C49H34N4.C46H35N3.C43H29N3O/c1-49(2)40-25-12-9-24-37(40)45-46(31-16-5-3-6-17-31)50-48(51-47(45)49)32-18-15-21-34(28-32)53-42-27-14-11-23-36(42)39-29-43-38(30-44(39)53)35-22-10-13-26-41(35)52(43)33-19-7-4-8-20-33;1-45(2)36-22-11-8-19-31(36)34-27-40-35(26-38(34)45)32-20-10-13-24-39(32)49(40)30-18-14-17-29(25-30)44-47-42(28-15-6-5-7-16-28)41-33-21-9-12-23-37(33)46(3,4)43(41)48-44;1-43(2)33-20-10-6-18-29(33)39-40(26-14-4-3-5-15-26)44-42(45-41(39)43)30-19-8-12-22-35(30)46-34-21-11-7-16-27(34)31-25-38-32(24-36(31)46)28-17-9-13-23-37(28)47-38/h3-30H,1-2H3;5-27H,1-4H3;3-25H,1-2H3. The van der Waals surface area contributed by atoms with Gasteiger partial charge in [-0.05, 0) is 171 Å². The summed E-state index contributed by atoms with van der Waals surface area (Å²) in [5.74, 6) is 2.21. The van der Waals surface area contributed by atoms with Crippen LogP contribution in [0.2, 0.25) is 0 Å². The van der Waals surface area contributed by atoms with Gasteiger partial charge in [0.2, 0.25) is 0 Å². The summed E-state index contributed by atoms with van der Waals surface area (Å²) in [6.45, 7) is 18.4. The van der Waals surface area contributed by atoms with Crippen LogP contribution in [0.4, 0.5) is 0 Å². The molecule has 0 bridgehead atoms. The monoisotopic (exact) mass is 1910 g/mol. The van der Waals surface area contributed by atoms with Gasteiger partial charge < -0.3 is 22.7 Å². The summed E-state index contributed by atoms with van der Waals surface area (Å²) in [7, 11) is 0. The van der Waals surface area contributed by atoms with Gasteiger partial charge in [-0.25, -0.2) is 29.9 Å². The average molecular weight is 1910 g/mol. The molecule has 4 aliphatic carbocycles. The van der Waals surface area contributed by atoms with Crippen LogP contribution < -0.4 is 0 Å². The molecule has 11 heteroatoms. The van der Waals surface area contributed by atoms with Crippen molar-refractivity contribution in [3.8, 4) is 135 Å². The normalized spacial score (nSPS) is 13.9. The van der Waals surface area contributed by atoms with Crippen molar-refractivity contribution in [1.82, 2.24) is 48.2 Å². The number of hydrogen-bond donors (Lipinski definition) is 0. The fourth-order valence-electron chi connectivity index (χ4n) is 25.3. The zero-order chi connectivity index (χ0) is 99.6. The Kier molecular flexibility index (Phi) is 19.3. The maximum atomic E-state index is 6.33. The molecule has 31 rings (SSSR count). The first-order valence-electron chi connectivity index (χ1n) is 51.5. The van der Waals surface area contributed by atoms with Crippen LogP contribution in [0.5, 0.6) is 0 Å². The molecule has 0 radical (unpaired) electrons. The molecule has 8 heterocycles. The lowest BCUT2D eigenvalue weighted by atomic mass is 9.82. The van der Waals surface area contributed by atoms with Crippen molar-refractivity contribution in [2.24, 2.45) is 0 Å². The summed E-state index contributed by atoms with van der Waals surface area (Å²) in [4.78, 5) is 32.4. The first-order chi connectivity index (χ1) is 73.0. The number of hydrogen-bond acceptors (Lipinski definition) is 7. The van der Waals surface area contributed by atoms with Gasteiger partial charge in [0, 0.05) is 143 Å². The molecule has 8 aromatic heterocycles. The van der Waals surface area contributed by atoms with Crippen molar-refractivity contribution in [2.75, 3.05) is 0 Å². The highest BCUT2D eigenvalue weighted by atomic mass is 16.3. The van der Waals surface area contributed by atoms with E-state index < -0.39 is 0 Å². The van der Waals surface area contributed by atoms with Crippen molar-refractivity contribution >= 4 is 109 Å². The topological polar surface area (TPSA) is 110 Å². The smallest absolute Gasteiger partial charge is 0.162 e. The van der Waals surface area contributed by atoms with Gasteiger partial charge in [-0.1, -0.05) is 389 Å². The molecule has 27 aromatic rings. The second-order valence-corrected chi connectivity index (χ2v) is 42.3. The van der Waals surface area contributed by atoms with Gasteiger partial charge in [-0.15, -0.1) is 0 Å². The first-order valence-corrected chi connectivity index (χ1v) is 51.5. The molecule has 0 spiro atoms. The summed E-state index contributed by atoms with van der Waals surface area (Å²) in [5.41, 5.74) is 43.5. The van der Waals surface area contributed by atoms with Crippen LogP contribution >= 0.6 is 0 Å². The highest BCUT2D eigenvalue weighted by Gasteiger charge is 2.45. The van der Waals surface area contributed by atoms with E-state index in [0.717, 1.165) is 163 Å². The molecule has 0 fully saturated rings. The Bertz CT molecular complexity index is 10300. The van der Waals surface area contributed by atoms with E-state index in [9.17, 15) is 0 Å². The van der Waals surface area contributed by atoms with E-state index in [1.54, 1.807) is 0 Å². The fraction of sp³-hybridized carbons (Fsp3) is 0.0870. The average Bonchev–Trinajstić information content (AvgIpc) is 1.58. The minimum atomic E-state index is -0.275. The molecule has 0 amide bonds. The van der Waals surface area contributed by atoms with Gasteiger partial charge in [-0.3, -0.25) is 0 Å². The van der Waals surface area contributed by atoms with E-state index in [2.05, 4.69) is 510 Å². The molecule has 0 atom stereocenters. The third-order valence-electron chi connectivity index (χ3n) is 32.4. The largest absolute Gasteiger partial charge is 0.456 e. The van der Waals surface area contributed by atoms with Crippen molar-refractivity contribution in [3.63, 3.8) is 0 Å². The summed E-state index contributed by atoms with van der Waals surface area (Å²) < 4.78 is 15.9. The summed E-state index contributed by atoms with van der Waals surface area (Å²) >= 11 is 0. The molecule has 0 N–H and O–H groups in total. The van der Waals surface area contributed by atoms with Crippen LogP contribution in [0.25, 0.3) is 244 Å². The lowest BCUT2D eigenvalue weighted by molar-refractivity contribution is 0.636. The van der Waals surface area contributed by atoms with Crippen molar-refractivity contribution in [2.45, 2.75) is 77.0 Å². The molecule has 149 heavy (non-hydrogen) atoms. The molecule has 0 saturated carbocycles. The van der Waals surface area contributed by atoms with Crippen LogP contribution in [-0.2, 0) is 21.7 Å². The summed E-state index contributed by atoms with van der Waals surface area (Å²) in [6.07, 6.45) is 0. The molecule has 19 aromatic carbocycles. The number of fused-ring (bicyclic) bond motifs is 27. The lowest BCUT2D eigenvalue weighted by Crippen LogP contribution is -2.17. The van der Waals surface area contributed by atoms with Gasteiger partial charge >= 0.3 is 0 Å². The molecular weight excluding hydrogens is 1810 g/mol. The molecule has 11 nitrogen and oxygen atoms in total. The van der Waals surface area contributed by atoms with Gasteiger partial charge in [0.05, 0.1) is 84.0 Å². The molecule has 706 valence electrons. The van der Waals surface area contributed by atoms with Gasteiger partial charge in [0.15, 0.2) is 17.5 Å². The van der Waals surface area contributed by atoms with Crippen molar-refractivity contribution in [3.05, 3.63) is 494 Å². The first kappa shape index (κ1) is 87.0. The third kappa shape index (κ3) is 13.2. The molecular formula is C138H98N10O. The van der Waals surface area contributed by atoms with E-state index in [1.807, 2.05) is 12.1 Å². The predicted octanol–water partition coefficient (Wildman–Crippen LogP) is 34.9. The van der Waals surface area contributed by atoms with Crippen LogP contribution in [0.1, 0.15) is 100 Å². The Morgan fingerprint density at radius 1 is 0.181 bits per heavy atom. The Morgan fingerprint density at radius 3 is 0.960 bits per heavy atom. The number of benzene rings is 19. The summed E-state index contributed by atoms with van der Waals surface area (Å²) in [5, 5.41) is 12.0. The van der Waals surface area contributed by atoms with Gasteiger partial charge in [0.1, 0.15) is 11.2 Å². The van der Waals surface area contributed by atoms with Crippen molar-refractivity contribution in [1.29, 1.82) is 0 Å². The summed E-state index contributed by atoms with van der Waals surface area (Å²) in [6, 6.07) is 161. The Balaban J connectivity index is 0.000000105. The van der Waals surface area contributed by atoms with E-state index >= 15 is 0 Å². The Hall–Kier alpha value is -18.6. The van der Waals surface area contributed by atoms with E-state index in [1.165, 1.54) is 126 Å². The fourth-order valence-corrected chi connectivity index (χ4v) is 25.3. The maximum absolute atomic E-state index is 6.33.